The van der Waals surface area contributed by atoms with Crippen molar-refractivity contribution in [3.63, 3.8) is 0 Å². The topological polar surface area (TPSA) is 58.2 Å². The fourth-order valence-corrected chi connectivity index (χ4v) is 1.24. The molecule has 0 aliphatic heterocycles. The van der Waals surface area contributed by atoms with Crippen LogP contribution in [0.4, 0.5) is 13.2 Å². The van der Waals surface area contributed by atoms with Gasteiger partial charge in [-0.2, -0.15) is 13.2 Å². The summed E-state index contributed by atoms with van der Waals surface area (Å²) in [4.78, 5) is 22.6. The van der Waals surface area contributed by atoms with Gasteiger partial charge in [-0.25, -0.2) is 0 Å². The number of carbonyl (C=O) groups excluding carboxylic acids is 2. The number of allylic oxidation sites excluding steroid dienone is 2. The van der Waals surface area contributed by atoms with Crippen LogP contribution in [0.5, 0.6) is 0 Å². The Kier molecular flexibility index (Phi) is 7.02. The van der Waals surface area contributed by atoms with Crippen LogP contribution in [0, 0.1) is 0 Å². The van der Waals surface area contributed by atoms with Crippen molar-refractivity contribution in [1.29, 1.82) is 0 Å². The third kappa shape index (κ3) is 8.34. The Hall–Kier alpha value is -1.79. The second-order valence-corrected chi connectivity index (χ2v) is 4.79. The third-order valence-electron chi connectivity index (χ3n) is 2.03. The van der Waals surface area contributed by atoms with E-state index in [1.54, 1.807) is 27.7 Å². The summed E-state index contributed by atoms with van der Waals surface area (Å²) in [5, 5.41) is 3.93. The molecule has 0 aromatic heterocycles. The van der Waals surface area contributed by atoms with Gasteiger partial charge in [-0.15, -0.1) is 0 Å². The maximum absolute atomic E-state index is 12.7. The maximum Gasteiger partial charge on any atom is 0.410 e. The monoisotopic (exact) mass is 292 g/mol. The molecule has 2 N–H and O–H groups in total. The van der Waals surface area contributed by atoms with Gasteiger partial charge < -0.3 is 10.6 Å². The number of amides is 2. The molecule has 0 bridgehead atoms. The first kappa shape index (κ1) is 18.2. The lowest BCUT2D eigenvalue weighted by atomic mass is 10.2. The predicted octanol–water partition coefficient (Wildman–Crippen LogP) is 2.08. The van der Waals surface area contributed by atoms with E-state index in [0.717, 1.165) is 6.08 Å². The second kappa shape index (κ2) is 7.72. The summed E-state index contributed by atoms with van der Waals surface area (Å²) in [5.41, 5.74) is 1.25. The smallest absolute Gasteiger partial charge is 0.350 e. The Bertz CT molecular complexity index is 418. The fraction of sp³-hybridized carbons (Fsp3) is 0.538. The summed E-state index contributed by atoms with van der Waals surface area (Å²) >= 11 is 0. The van der Waals surface area contributed by atoms with Gasteiger partial charge in [-0.3, -0.25) is 9.59 Å². The first-order chi connectivity index (χ1) is 9.02. The van der Waals surface area contributed by atoms with Gasteiger partial charge in [0.05, 0.1) is 0 Å². The van der Waals surface area contributed by atoms with E-state index in [1.165, 1.54) is 6.08 Å². The van der Waals surface area contributed by atoms with Crippen molar-refractivity contribution in [2.24, 2.45) is 0 Å². The van der Waals surface area contributed by atoms with Crippen molar-refractivity contribution < 1.29 is 22.8 Å². The Morgan fingerprint density at radius 3 is 1.85 bits per heavy atom. The van der Waals surface area contributed by atoms with Crippen LogP contribution >= 0.6 is 0 Å². The zero-order chi connectivity index (χ0) is 15.9. The normalized spacial score (nSPS) is 12.2. The first-order valence-corrected chi connectivity index (χ1v) is 5.97. The molecule has 1 atom stereocenters. The number of nitrogens with one attached hydrogen (secondary N) is 2. The Balaban J connectivity index is 4.69. The van der Waals surface area contributed by atoms with E-state index in [9.17, 15) is 22.8 Å². The van der Waals surface area contributed by atoms with Gasteiger partial charge in [0.25, 0.3) is 0 Å². The second-order valence-electron chi connectivity index (χ2n) is 4.79. The van der Waals surface area contributed by atoms with Crippen LogP contribution in [0.15, 0.2) is 23.3 Å². The van der Waals surface area contributed by atoms with Gasteiger partial charge in [-0.1, -0.05) is 11.1 Å². The summed E-state index contributed by atoms with van der Waals surface area (Å²) in [6.45, 7) is 5.78. The predicted molar refractivity (Wildman–Crippen MR) is 69.9 cm³/mol. The van der Waals surface area contributed by atoms with E-state index in [4.69, 9.17) is 0 Å². The minimum Gasteiger partial charge on any atom is -0.350 e. The molecule has 0 heterocycles. The summed E-state index contributed by atoms with van der Waals surface area (Å²) in [6, 6.07) is -2.12. The molecule has 0 aromatic rings. The van der Waals surface area contributed by atoms with E-state index in [1.807, 2.05) is 5.32 Å². The highest BCUT2D eigenvalue weighted by molar-refractivity contribution is 5.89. The summed E-state index contributed by atoms with van der Waals surface area (Å²) < 4.78 is 38.2. The summed E-state index contributed by atoms with van der Waals surface area (Å²) in [6.07, 6.45) is -2.38. The number of alkyl halides is 3. The SMILES string of the molecule is CC(C)=CC(=O)NC[C@@H](NC(=O)C=C(C)C)C(F)(F)F. The van der Waals surface area contributed by atoms with Crippen molar-refractivity contribution in [3.8, 4) is 0 Å². The highest BCUT2D eigenvalue weighted by atomic mass is 19.4. The van der Waals surface area contributed by atoms with Crippen LogP contribution in [0.25, 0.3) is 0 Å². The average Bonchev–Trinajstić information content (AvgIpc) is 2.20. The summed E-state index contributed by atoms with van der Waals surface area (Å²) in [5.74, 6) is -1.47. The molecular weight excluding hydrogens is 273 g/mol. The molecular formula is C13H19F3N2O2. The lowest BCUT2D eigenvalue weighted by Gasteiger charge is -2.21. The lowest BCUT2D eigenvalue weighted by Crippen LogP contribution is -2.51. The number of hydrogen-bond acceptors (Lipinski definition) is 2. The van der Waals surface area contributed by atoms with Gasteiger partial charge in [0.1, 0.15) is 6.04 Å². The van der Waals surface area contributed by atoms with Crippen molar-refractivity contribution in [3.05, 3.63) is 23.3 Å². The molecule has 0 spiro atoms. The molecule has 0 saturated heterocycles. The number of halogens is 3. The fourth-order valence-electron chi connectivity index (χ4n) is 1.24. The van der Waals surface area contributed by atoms with Crippen molar-refractivity contribution in [2.75, 3.05) is 6.54 Å². The molecule has 0 rings (SSSR count). The average molecular weight is 292 g/mol. The highest BCUT2D eigenvalue weighted by Gasteiger charge is 2.40. The minimum atomic E-state index is -4.64. The van der Waals surface area contributed by atoms with Crippen molar-refractivity contribution >= 4 is 11.8 Å². The molecule has 2 amide bonds. The van der Waals surface area contributed by atoms with Crippen LogP contribution in [0.3, 0.4) is 0 Å². The molecule has 7 heteroatoms. The molecule has 0 saturated carbocycles. The van der Waals surface area contributed by atoms with Crippen molar-refractivity contribution in [1.82, 2.24) is 10.6 Å². The van der Waals surface area contributed by atoms with E-state index >= 15 is 0 Å². The van der Waals surface area contributed by atoms with E-state index in [0.29, 0.717) is 11.1 Å². The van der Waals surface area contributed by atoms with E-state index in [2.05, 4.69) is 5.32 Å². The molecule has 0 aliphatic carbocycles. The highest BCUT2D eigenvalue weighted by Crippen LogP contribution is 2.19. The molecule has 20 heavy (non-hydrogen) atoms. The number of rotatable bonds is 5. The van der Waals surface area contributed by atoms with Crippen LogP contribution in [-0.2, 0) is 9.59 Å². The van der Waals surface area contributed by atoms with Gasteiger partial charge in [0.2, 0.25) is 11.8 Å². The Labute approximate surface area is 116 Å². The van der Waals surface area contributed by atoms with Crippen LogP contribution in [0.1, 0.15) is 27.7 Å². The van der Waals surface area contributed by atoms with Crippen LogP contribution < -0.4 is 10.6 Å². The van der Waals surface area contributed by atoms with Gasteiger partial charge in [0.15, 0.2) is 0 Å². The molecule has 4 nitrogen and oxygen atoms in total. The zero-order valence-electron chi connectivity index (χ0n) is 11.9. The Morgan fingerprint density at radius 1 is 1.00 bits per heavy atom. The largest absolute Gasteiger partial charge is 0.410 e. The van der Waals surface area contributed by atoms with Crippen molar-refractivity contribution in [2.45, 2.75) is 39.9 Å². The molecule has 0 radical (unpaired) electrons. The van der Waals surface area contributed by atoms with E-state index < -0.39 is 30.6 Å². The van der Waals surface area contributed by atoms with Gasteiger partial charge in [0, 0.05) is 18.7 Å². The maximum atomic E-state index is 12.7. The van der Waals surface area contributed by atoms with Crippen LogP contribution in [-0.4, -0.2) is 30.6 Å². The lowest BCUT2D eigenvalue weighted by molar-refractivity contribution is -0.159. The number of hydrogen-bond donors (Lipinski definition) is 2. The Morgan fingerprint density at radius 2 is 1.45 bits per heavy atom. The number of carbonyl (C=O) groups is 2. The standard InChI is InChI=1S/C13H19F3N2O2/c1-8(2)5-11(19)17-7-10(13(14,15)16)18-12(20)6-9(3)4/h5-6,10H,7H2,1-4H3,(H,17,19)(H,18,20)/t10-/m1/s1. The molecule has 114 valence electrons. The zero-order valence-corrected chi connectivity index (χ0v) is 11.9. The quantitative estimate of drug-likeness (QED) is 0.762. The minimum absolute atomic E-state index is 0.581. The molecule has 0 aromatic carbocycles. The first-order valence-electron chi connectivity index (χ1n) is 5.97. The van der Waals surface area contributed by atoms with Gasteiger partial charge >= 0.3 is 6.18 Å². The molecule has 0 aliphatic rings. The van der Waals surface area contributed by atoms with Gasteiger partial charge in [-0.05, 0) is 27.7 Å². The third-order valence-corrected chi connectivity index (χ3v) is 2.03. The molecule has 0 fully saturated rings. The van der Waals surface area contributed by atoms with E-state index in [-0.39, 0.29) is 0 Å². The van der Waals surface area contributed by atoms with Crippen LogP contribution in [0.2, 0.25) is 0 Å². The molecule has 0 unspecified atom stereocenters. The summed E-state index contributed by atoms with van der Waals surface area (Å²) in [7, 11) is 0.